The van der Waals surface area contributed by atoms with Crippen LogP contribution in [-0.2, 0) is 0 Å². The van der Waals surface area contributed by atoms with Gasteiger partial charge in [-0.15, -0.1) is 11.3 Å². The number of amides is 1. The number of hydrogen-bond donors (Lipinski definition) is 1. The molecule has 0 radical (unpaired) electrons. The van der Waals surface area contributed by atoms with E-state index in [4.69, 9.17) is 0 Å². The minimum absolute atomic E-state index is 0.122. The lowest BCUT2D eigenvalue weighted by molar-refractivity contribution is 0.0945. The van der Waals surface area contributed by atoms with Crippen LogP contribution in [0, 0.1) is 26.6 Å². The molecule has 0 spiro atoms. The quantitative estimate of drug-likeness (QED) is 0.725. The van der Waals surface area contributed by atoms with Crippen molar-refractivity contribution in [2.24, 2.45) is 0 Å². The third-order valence-corrected chi connectivity index (χ3v) is 5.79. The van der Waals surface area contributed by atoms with E-state index in [1.165, 1.54) is 23.5 Å². The third kappa shape index (κ3) is 3.99. The van der Waals surface area contributed by atoms with Crippen molar-refractivity contribution >= 4 is 27.5 Å². The van der Waals surface area contributed by atoms with Crippen molar-refractivity contribution in [3.8, 4) is 0 Å². The molecule has 27 heavy (non-hydrogen) atoms. The number of halogens is 1. The predicted molar refractivity (Wildman–Crippen MR) is 107 cm³/mol. The van der Waals surface area contributed by atoms with Crippen molar-refractivity contribution in [1.29, 1.82) is 0 Å². The second-order valence-electron chi connectivity index (χ2n) is 6.84. The first-order valence-corrected chi connectivity index (χ1v) is 9.54. The molecule has 0 aliphatic heterocycles. The van der Waals surface area contributed by atoms with Crippen LogP contribution in [0.25, 0.3) is 10.2 Å². The lowest BCUT2D eigenvalue weighted by atomic mass is 10.1. The summed E-state index contributed by atoms with van der Waals surface area (Å²) in [5, 5.41) is 3.94. The first-order valence-electron chi connectivity index (χ1n) is 8.72. The van der Waals surface area contributed by atoms with Gasteiger partial charge in [0.15, 0.2) is 0 Å². The fourth-order valence-corrected chi connectivity index (χ4v) is 4.47. The molecular weight excluding hydrogens is 363 g/mol. The topological polar surface area (TPSA) is 58.1 Å². The van der Waals surface area contributed by atoms with Gasteiger partial charge in [-0.05, 0) is 58.1 Å². The van der Waals surface area contributed by atoms with Crippen LogP contribution in [0.2, 0.25) is 0 Å². The number of fused-ring (bicyclic) bond motifs is 1. The van der Waals surface area contributed by atoms with E-state index in [1.807, 2.05) is 45.8 Å². The molecular formula is C20H23FN4OS. The van der Waals surface area contributed by atoms with Crippen molar-refractivity contribution < 1.29 is 9.18 Å². The number of aromatic nitrogens is 2. The molecule has 0 saturated heterocycles. The number of thiophene rings is 1. The molecule has 3 aromatic rings. The number of likely N-dealkylation sites (N-methyl/N-ethyl adjacent to an activating group) is 1. The van der Waals surface area contributed by atoms with E-state index in [0.29, 0.717) is 17.2 Å². The SMILES string of the molecule is Cc1nc(C)c2c(C)c(C(=O)NCC(c3cccc(F)c3)N(C)C)sc2n1. The number of aryl methyl sites for hydroxylation is 3. The van der Waals surface area contributed by atoms with E-state index in [9.17, 15) is 9.18 Å². The Morgan fingerprint density at radius 1 is 1.26 bits per heavy atom. The van der Waals surface area contributed by atoms with Crippen molar-refractivity contribution in [1.82, 2.24) is 20.2 Å². The molecule has 1 unspecified atom stereocenters. The van der Waals surface area contributed by atoms with Gasteiger partial charge in [0.25, 0.3) is 5.91 Å². The van der Waals surface area contributed by atoms with E-state index < -0.39 is 0 Å². The van der Waals surface area contributed by atoms with Gasteiger partial charge in [0, 0.05) is 17.6 Å². The summed E-state index contributed by atoms with van der Waals surface area (Å²) in [6.45, 7) is 6.09. The number of carbonyl (C=O) groups is 1. The average Bonchev–Trinajstić information content (AvgIpc) is 2.91. The fraction of sp³-hybridized carbons (Fsp3) is 0.350. The Labute approximate surface area is 162 Å². The van der Waals surface area contributed by atoms with E-state index in [2.05, 4.69) is 15.3 Å². The molecule has 1 atom stereocenters. The highest BCUT2D eigenvalue weighted by Gasteiger charge is 2.21. The van der Waals surface area contributed by atoms with Crippen LogP contribution in [0.5, 0.6) is 0 Å². The zero-order valence-corrected chi connectivity index (χ0v) is 16.9. The summed E-state index contributed by atoms with van der Waals surface area (Å²) < 4.78 is 13.6. The van der Waals surface area contributed by atoms with Gasteiger partial charge in [-0.25, -0.2) is 14.4 Å². The summed E-state index contributed by atoms with van der Waals surface area (Å²) >= 11 is 1.38. The molecule has 1 N–H and O–H groups in total. The van der Waals surface area contributed by atoms with E-state index >= 15 is 0 Å². The van der Waals surface area contributed by atoms with Crippen molar-refractivity contribution in [2.75, 3.05) is 20.6 Å². The van der Waals surface area contributed by atoms with Crippen molar-refractivity contribution in [2.45, 2.75) is 26.8 Å². The van der Waals surface area contributed by atoms with E-state index in [1.54, 1.807) is 6.07 Å². The molecule has 3 rings (SSSR count). The van der Waals surface area contributed by atoms with Crippen LogP contribution in [0.3, 0.4) is 0 Å². The van der Waals surface area contributed by atoms with Crippen molar-refractivity contribution in [3.63, 3.8) is 0 Å². The highest BCUT2D eigenvalue weighted by Crippen LogP contribution is 2.31. The molecule has 142 valence electrons. The third-order valence-electron chi connectivity index (χ3n) is 4.60. The molecule has 1 amide bonds. The highest BCUT2D eigenvalue weighted by atomic mass is 32.1. The number of nitrogens with zero attached hydrogens (tertiary/aromatic N) is 3. The Kier molecular flexibility index (Phi) is 5.53. The zero-order valence-electron chi connectivity index (χ0n) is 16.1. The van der Waals surface area contributed by atoms with Gasteiger partial charge in [0.1, 0.15) is 16.5 Å². The minimum atomic E-state index is -0.282. The molecule has 2 heterocycles. The Balaban J connectivity index is 1.83. The molecule has 5 nitrogen and oxygen atoms in total. The maximum Gasteiger partial charge on any atom is 0.261 e. The normalized spacial score (nSPS) is 12.6. The maximum atomic E-state index is 13.6. The molecule has 0 aliphatic rings. The summed E-state index contributed by atoms with van der Waals surface area (Å²) in [6, 6.07) is 6.35. The molecule has 7 heteroatoms. The second kappa shape index (κ2) is 7.70. The summed E-state index contributed by atoms with van der Waals surface area (Å²) in [5.74, 6) is 0.276. The highest BCUT2D eigenvalue weighted by molar-refractivity contribution is 7.20. The van der Waals surface area contributed by atoms with Crippen LogP contribution in [-0.4, -0.2) is 41.4 Å². The Hall–Kier alpha value is -2.38. The molecule has 0 aliphatic carbocycles. The summed E-state index contributed by atoms with van der Waals surface area (Å²) in [4.78, 5) is 25.1. The van der Waals surface area contributed by atoms with Gasteiger partial charge < -0.3 is 10.2 Å². The van der Waals surface area contributed by atoms with Crippen LogP contribution in [0.4, 0.5) is 4.39 Å². The van der Waals surface area contributed by atoms with Gasteiger partial charge >= 0.3 is 0 Å². The van der Waals surface area contributed by atoms with Crippen LogP contribution < -0.4 is 5.32 Å². The number of benzene rings is 1. The van der Waals surface area contributed by atoms with Crippen LogP contribution >= 0.6 is 11.3 Å². The largest absolute Gasteiger partial charge is 0.349 e. The fourth-order valence-electron chi connectivity index (χ4n) is 3.27. The molecule has 2 aromatic heterocycles. The lowest BCUT2D eigenvalue weighted by Gasteiger charge is -2.25. The van der Waals surface area contributed by atoms with Gasteiger partial charge in [-0.3, -0.25) is 4.79 Å². The Morgan fingerprint density at radius 2 is 2.00 bits per heavy atom. The van der Waals surface area contributed by atoms with E-state index in [-0.39, 0.29) is 17.8 Å². The van der Waals surface area contributed by atoms with Gasteiger partial charge in [0.2, 0.25) is 0 Å². The molecule has 0 fully saturated rings. The summed E-state index contributed by atoms with van der Waals surface area (Å²) in [7, 11) is 3.82. The Bertz CT molecular complexity index is 999. The monoisotopic (exact) mass is 386 g/mol. The smallest absolute Gasteiger partial charge is 0.261 e. The van der Waals surface area contributed by atoms with Gasteiger partial charge in [-0.1, -0.05) is 12.1 Å². The van der Waals surface area contributed by atoms with Gasteiger partial charge in [-0.2, -0.15) is 0 Å². The number of hydrogen-bond acceptors (Lipinski definition) is 5. The van der Waals surface area contributed by atoms with Crippen LogP contribution in [0.1, 0.15) is 38.4 Å². The second-order valence-corrected chi connectivity index (χ2v) is 7.84. The standard InChI is InChI=1S/C20H23FN4OS/c1-11-17-12(2)23-13(3)24-20(17)27-18(11)19(26)22-10-16(25(4)5)14-7-6-8-15(21)9-14/h6-9,16H,10H2,1-5H3,(H,22,26). The average molecular weight is 386 g/mol. The number of carbonyl (C=O) groups excluding carboxylic acids is 1. The van der Waals surface area contributed by atoms with Gasteiger partial charge in [0.05, 0.1) is 10.9 Å². The first kappa shape index (κ1) is 19.4. The zero-order chi connectivity index (χ0) is 19.7. The number of nitrogens with one attached hydrogen (secondary N) is 1. The predicted octanol–water partition coefficient (Wildman–Crippen LogP) is 3.79. The molecule has 1 aromatic carbocycles. The summed E-state index contributed by atoms with van der Waals surface area (Å²) in [6.07, 6.45) is 0. The van der Waals surface area contributed by atoms with E-state index in [0.717, 1.165) is 27.0 Å². The minimum Gasteiger partial charge on any atom is -0.349 e. The Morgan fingerprint density at radius 3 is 2.67 bits per heavy atom. The maximum absolute atomic E-state index is 13.6. The molecule has 0 saturated carbocycles. The lowest BCUT2D eigenvalue weighted by Crippen LogP contribution is -2.34. The first-order chi connectivity index (χ1) is 12.8. The summed E-state index contributed by atoms with van der Waals surface area (Å²) in [5.41, 5.74) is 2.61. The van der Waals surface area contributed by atoms with Crippen LogP contribution in [0.15, 0.2) is 24.3 Å². The number of rotatable bonds is 5. The van der Waals surface area contributed by atoms with Crippen molar-refractivity contribution in [3.05, 3.63) is 57.6 Å². The molecule has 0 bridgehead atoms.